The van der Waals surface area contributed by atoms with E-state index in [1.165, 1.54) is 0 Å². The fourth-order valence-electron chi connectivity index (χ4n) is 3.79. The standard InChI is InChI=1S/C24H24N4O3/c1-14-8-4-5-10-17(14)23(29)28-27-18-11-7-12-19-21(18)16(3)22(31-19)24(30)26-20-13-6-9-15(2)25-20/h4-6,8-10,13H,7,11-12H2,1-3H3,(H,28,29)(H,25,26,30)/b27-18+. The summed E-state index contributed by atoms with van der Waals surface area (Å²) in [5, 5.41) is 7.17. The minimum atomic E-state index is -0.353. The number of carbonyl (C=O) groups excluding carboxylic acids is 2. The van der Waals surface area contributed by atoms with E-state index in [4.69, 9.17) is 4.42 Å². The van der Waals surface area contributed by atoms with Crippen molar-refractivity contribution in [3.8, 4) is 0 Å². The fraction of sp³-hybridized carbons (Fsp3) is 0.250. The second-order valence-corrected chi connectivity index (χ2v) is 7.64. The number of amides is 2. The quantitative estimate of drug-likeness (QED) is 0.619. The van der Waals surface area contributed by atoms with Crippen LogP contribution in [0.3, 0.4) is 0 Å². The molecule has 2 amide bonds. The molecule has 158 valence electrons. The molecule has 0 aliphatic heterocycles. The Kier molecular flexibility index (Phi) is 5.66. The monoisotopic (exact) mass is 416 g/mol. The van der Waals surface area contributed by atoms with Crippen LogP contribution >= 0.6 is 0 Å². The lowest BCUT2D eigenvalue weighted by atomic mass is 9.93. The van der Waals surface area contributed by atoms with Crippen LogP contribution in [0.25, 0.3) is 0 Å². The number of nitrogens with zero attached hydrogens (tertiary/aromatic N) is 2. The number of benzene rings is 1. The van der Waals surface area contributed by atoms with Crippen LogP contribution in [0.4, 0.5) is 5.82 Å². The Morgan fingerprint density at radius 1 is 1.00 bits per heavy atom. The molecule has 0 unspecified atom stereocenters. The molecule has 1 aliphatic rings. The third-order valence-electron chi connectivity index (χ3n) is 5.34. The van der Waals surface area contributed by atoms with Crippen LogP contribution in [-0.2, 0) is 6.42 Å². The summed E-state index contributed by atoms with van der Waals surface area (Å²) in [4.78, 5) is 29.6. The van der Waals surface area contributed by atoms with Crippen LogP contribution in [0.1, 0.15) is 61.9 Å². The molecule has 4 rings (SSSR count). The van der Waals surface area contributed by atoms with E-state index < -0.39 is 0 Å². The molecule has 2 heterocycles. The Labute approximate surface area is 180 Å². The average molecular weight is 416 g/mol. The molecular weight excluding hydrogens is 392 g/mol. The predicted octanol–water partition coefficient (Wildman–Crippen LogP) is 4.32. The number of aromatic nitrogens is 1. The first-order chi connectivity index (χ1) is 14.9. The number of hydrogen-bond acceptors (Lipinski definition) is 5. The maximum Gasteiger partial charge on any atom is 0.292 e. The Balaban J connectivity index is 1.58. The highest BCUT2D eigenvalue weighted by molar-refractivity contribution is 6.09. The molecule has 1 aliphatic carbocycles. The highest BCUT2D eigenvalue weighted by atomic mass is 16.4. The molecule has 3 aromatic rings. The van der Waals surface area contributed by atoms with E-state index in [0.717, 1.165) is 41.1 Å². The fourth-order valence-corrected chi connectivity index (χ4v) is 3.79. The number of hydrogen-bond donors (Lipinski definition) is 2. The van der Waals surface area contributed by atoms with Gasteiger partial charge in [0, 0.05) is 28.8 Å². The summed E-state index contributed by atoms with van der Waals surface area (Å²) < 4.78 is 5.91. The number of pyridine rings is 1. The van der Waals surface area contributed by atoms with E-state index in [1.807, 2.05) is 51.1 Å². The Hall–Kier alpha value is -3.74. The lowest BCUT2D eigenvalue weighted by Crippen LogP contribution is -2.22. The molecule has 0 atom stereocenters. The van der Waals surface area contributed by atoms with E-state index >= 15 is 0 Å². The van der Waals surface area contributed by atoms with Gasteiger partial charge in [-0.05, 0) is 57.4 Å². The van der Waals surface area contributed by atoms with Gasteiger partial charge in [-0.15, -0.1) is 0 Å². The average Bonchev–Trinajstić information content (AvgIpc) is 3.10. The molecule has 2 aromatic heterocycles. The number of fused-ring (bicyclic) bond motifs is 1. The molecule has 7 heteroatoms. The van der Waals surface area contributed by atoms with Gasteiger partial charge in [-0.1, -0.05) is 24.3 Å². The molecule has 2 N–H and O–H groups in total. The summed E-state index contributed by atoms with van der Waals surface area (Å²) in [5.41, 5.74) is 7.17. The molecule has 1 aromatic carbocycles. The number of rotatable bonds is 4. The molecule has 7 nitrogen and oxygen atoms in total. The SMILES string of the molecule is Cc1cccc(NC(=O)c2oc3c(c2C)/C(=N/NC(=O)c2ccccc2C)CCC3)n1. The van der Waals surface area contributed by atoms with Crippen molar-refractivity contribution in [3.05, 3.63) is 81.9 Å². The number of anilines is 1. The predicted molar refractivity (Wildman–Crippen MR) is 118 cm³/mol. The van der Waals surface area contributed by atoms with Gasteiger partial charge >= 0.3 is 0 Å². The minimum Gasteiger partial charge on any atom is -0.455 e. The highest BCUT2D eigenvalue weighted by Crippen LogP contribution is 2.30. The van der Waals surface area contributed by atoms with E-state index in [0.29, 0.717) is 23.4 Å². The summed E-state index contributed by atoms with van der Waals surface area (Å²) >= 11 is 0. The normalized spacial score (nSPS) is 14.2. The smallest absolute Gasteiger partial charge is 0.292 e. The van der Waals surface area contributed by atoms with Crippen LogP contribution in [0, 0.1) is 20.8 Å². The van der Waals surface area contributed by atoms with Crippen LogP contribution in [0.2, 0.25) is 0 Å². The summed E-state index contributed by atoms with van der Waals surface area (Å²) in [7, 11) is 0. The van der Waals surface area contributed by atoms with Crippen molar-refractivity contribution >= 4 is 23.3 Å². The van der Waals surface area contributed by atoms with Gasteiger partial charge < -0.3 is 9.73 Å². The van der Waals surface area contributed by atoms with Gasteiger partial charge in [0.25, 0.3) is 11.8 Å². The summed E-state index contributed by atoms with van der Waals surface area (Å²) in [5.74, 6) is 0.817. The van der Waals surface area contributed by atoms with Crippen LogP contribution in [0.5, 0.6) is 0 Å². The van der Waals surface area contributed by atoms with E-state index in [-0.39, 0.29) is 17.6 Å². The second kappa shape index (κ2) is 8.55. The third-order valence-corrected chi connectivity index (χ3v) is 5.34. The Morgan fingerprint density at radius 2 is 1.81 bits per heavy atom. The van der Waals surface area contributed by atoms with Gasteiger partial charge in [-0.25, -0.2) is 10.4 Å². The van der Waals surface area contributed by atoms with Gasteiger partial charge in [-0.2, -0.15) is 5.10 Å². The lowest BCUT2D eigenvalue weighted by Gasteiger charge is -2.13. The molecule has 0 radical (unpaired) electrons. The van der Waals surface area contributed by atoms with Crippen molar-refractivity contribution in [2.75, 3.05) is 5.32 Å². The van der Waals surface area contributed by atoms with Crippen LogP contribution in [0.15, 0.2) is 52.0 Å². The molecule has 0 spiro atoms. The first-order valence-corrected chi connectivity index (χ1v) is 10.2. The number of nitrogens with one attached hydrogen (secondary N) is 2. The second-order valence-electron chi connectivity index (χ2n) is 7.64. The third kappa shape index (κ3) is 4.26. The Bertz CT molecular complexity index is 1190. The summed E-state index contributed by atoms with van der Waals surface area (Å²) in [6, 6.07) is 12.8. The lowest BCUT2D eigenvalue weighted by molar-refractivity contribution is 0.0952. The Morgan fingerprint density at radius 3 is 2.58 bits per heavy atom. The number of carbonyl (C=O) groups is 2. The van der Waals surface area contributed by atoms with Crippen molar-refractivity contribution in [1.29, 1.82) is 0 Å². The molecule has 31 heavy (non-hydrogen) atoms. The van der Waals surface area contributed by atoms with Gasteiger partial charge in [0.05, 0.1) is 5.71 Å². The zero-order valence-corrected chi connectivity index (χ0v) is 17.8. The van der Waals surface area contributed by atoms with Crippen LogP contribution in [-0.4, -0.2) is 22.5 Å². The minimum absolute atomic E-state index is 0.244. The maximum absolute atomic E-state index is 12.8. The molecule has 0 saturated heterocycles. The van der Waals surface area contributed by atoms with E-state index in [1.54, 1.807) is 12.1 Å². The van der Waals surface area contributed by atoms with E-state index in [9.17, 15) is 9.59 Å². The first kappa shape index (κ1) is 20.5. The zero-order chi connectivity index (χ0) is 22.0. The number of aryl methyl sites for hydroxylation is 3. The van der Waals surface area contributed by atoms with Crippen molar-refractivity contribution in [3.63, 3.8) is 0 Å². The van der Waals surface area contributed by atoms with Gasteiger partial charge in [0.1, 0.15) is 11.6 Å². The van der Waals surface area contributed by atoms with Crippen molar-refractivity contribution in [2.24, 2.45) is 5.10 Å². The largest absolute Gasteiger partial charge is 0.455 e. The van der Waals surface area contributed by atoms with Gasteiger partial charge in [0.15, 0.2) is 5.76 Å². The van der Waals surface area contributed by atoms with Crippen molar-refractivity contribution < 1.29 is 14.0 Å². The van der Waals surface area contributed by atoms with Gasteiger partial charge in [0.2, 0.25) is 0 Å². The molecule has 0 fully saturated rings. The zero-order valence-electron chi connectivity index (χ0n) is 17.8. The van der Waals surface area contributed by atoms with Crippen LogP contribution < -0.4 is 10.7 Å². The number of hydrazone groups is 1. The maximum atomic E-state index is 12.8. The molecule has 0 saturated carbocycles. The van der Waals surface area contributed by atoms with Crippen molar-refractivity contribution in [2.45, 2.75) is 40.0 Å². The molecular formula is C24H24N4O3. The molecule has 0 bridgehead atoms. The summed E-state index contributed by atoms with van der Waals surface area (Å²) in [6.45, 7) is 5.58. The first-order valence-electron chi connectivity index (χ1n) is 10.2. The van der Waals surface area contributed by atoms with Gasteiger partial charge in [-0.3, -0.25) is 9.59 Å². The topological polar surface area (TPSA) is 96.6 Å². The highest BCUT2D eigenvalue weighted by Gasteiger charge is 2.28. The van der Waals surface area contributed by atoms with Crippen molar-refractivity contribution in [1.82, 2.24) is 10.4 Å². The number of furan rings is 1. The summed E-state index contributed by atoms with van der Waals surface area (Å²) in [6.07, 6.45) is 2.25. The van der Waals surface area contributed by atoms with E-state index in [2.05, 4.69) is 20.8 Å².